The van der Waals surface area contributed by atoms with E-state index < -0.39 is 34.8 Å². The van der Waals surface area contributed by atoms with Crippen molar-refractivity contribution in [3.05, 3.63) is 119 Å². The summed E-state index contributed by atoms with van der Waals surface area (Å²) in [5, 5.41) is 23.9. The van der Waals surface area contributed by atoms with Gasteiger partial charge in [-0.3, -0.25) is 0 Å². The zero-order chi connectivity index (χ0) is 26.3. The number of phenols is 2. The van der Waals surface area contributed by atoms with Gasteiger partial charge < -0.3 is 10.2 Å². The Balaban J connectivity index is 1.89. The second kappa shape index (κ2) is 9.42. The summed E-state index contributed by atoms with van der Waals surface area (Å²) in [6.07, 6.45) is 0.183. The Morgan fingerprint density at radius 2 is 1.08 bits per heavy atom. The summed E-state index contributed by atoms with van der Waals surface area (Å²) < 4.78 is 73.0. The van der Waals surface area contributed by atoms with Crippen LogP contribution in [-0.2, 0) is 6.42 Å². The third-order valence-corrected chi connectivity index (χ3v) is 5.89. The van der Waals surface area contributed by atoms with E-state index in [0.29, 0.717) is 21.4 Å². The molecule has 0 aliphatic heterocycles. The minimum atomic E-state index is -2.28. The number of aromatic nitrogens is 2. The SMILES string of the molecule is Oc1ccc(-c2nn(-c3c(F)c(F)c(F)c(F)c3F)c(-c3ccc(O)cc3)c2Cc2ccccc2)cc1. The summed E-state index contributed by atoms with van der Waals surface area (Å²) in [5.41, 5.74) is 0.993. The Labute approximate surface area is 207 Å². The molecule has 0 aliphatic rings. The van der Waals surface area contributed by atoms with Gasteiger partial charge in [-0.2, -0.15) is 5.10 Å². The zero-order valence-electron chi connectivity index (χ0n) is 18.9. The third kappa shape index (κ3) is 4.29. The van der Waals surface area contributed by atoms with E-state index >= 15 is 8.78 Å². The molecular formula is C28H17F5N2O2. The number of halogens is 5. The summed E-state index contributed by atoms with van der Waals surface area (Å²) >= 11 is 0. The quantitative estimate of drug-likeness (QED) is 0.154. The fourth-order valence-corrected chi connectivity index (χ4v) is 4.13. The van der Waals surface area contributed by atoms with E-state index in [9.17, 15) is 23.4 Å². The van der Waals surface area contributed by atoms with Crippen molar-refractivity contribution in [2.24, 2.45) is 0 Å². The average Bonchev–Trinajstić information content (AvgIpc) is 3.26. The maximum Gasteiger partial charge on any atom is 0.200 e. The number of phenolic OH excluding ortho intramolecular Hbond substituents is 2. The predicted octanol–water partition coefficient (Wildman–Crippen LogP) is 6.90. The van der Waals surface area contributed by atoms with E-state index in [1.54, 1.807) is 12.1 Å². The van der Waals surface area contributed by atoms with E-state index in [1.807, 2.05) is 18.2 Å². The molecule has 5 rings (SSSR count). The van der Waals surface area contributed by atoms with Crippen LogP contribution in [0.2, 0.25) is 0 Å². The Bertz CT molecular complexity index is 1570. The molecule has 0 fully saturated rings. The summed E-state index contributed by atoms with van der Waals surface area (Å²) in [4.78, 5) is 0. The lowest BCUT2D eigenvalue weighted by molar-refractivity contribution is 0.374. The van der Waals surface area contributed by atoms with Crippen LogP contribution in [0.4, 0.5) is 22.0 Å². The molecule has 4 aromatic carbocycles. The van der Waals surface area contributed by atoms with Crippen molar-refractivity contribution in [1.29, 1.82) is 0 Å². The highest BCUT2D eigenvalue weighted by Gasteiger charge is 2.31. The minimum Gasteiger partial charge on any atom is -0.508 e. The van der Waals surface area contributed by atoms with Gasteiger partial charge >= 0.3 is 0 Å². The van der Waals surface area contributed by atoms with Crippen LogP contribution in [0.5, 0.6) is 11.5 Å². The molecule has 0 unspecified atom stereocenters. The summed E-state index contributed by atoms with van der Waals surface area (Å²) in [7, 11) is 0. The molecule has 186 valence electrons. The van der Waals surface area contributed by atoms with Crippen LogP contribution in [0.25, 0.3) is 28.2 Å². The molecule has 37 heavy (non-hydrogen) atoms. The minimum absolute atomic E-state index is 0.0358. The number of benzene rings is 4. The summed E-state index contributed by atoms with van der Waals surface area (Å²) in [5.74, 6) is -10.7. The molecule has 1 aromatic heterocycles. The largest absolute Gasteiger partial charge is 0.508 e. The van der Waals surface area contributed by atoms with Gasteiger partial charge in [0.05, 0.1) is 11.4 Å². The van der Waals surface area contributed by atoms with Crippen LogP contribution >= 0.6 is 0 Å². The van der Waals surface area contributed by atoms with E-state index in [0.717, 1.165) is 5.56 Å². The van der Waals surface area contributed by atoms with E-state index in [4.69, 9.17) is 0 Å². The molecule has 9 heteroatoms. The Morgan fingerprint density at radius 1 is 0.595 bits per heavy atom. The predicted molar refractivity (Wildman–Crippen MR) is 127 cm³/mol. The molecule has 0 spiro atoms. The summed E-state index contributed by atoms with van der Waals surface area (Å²) in [6, 6.07) is 20.4. The molecule has 1 heterocycles. The van der Waals surface area contributed by atoms with Crippen molar-refractivity contribution in [2.45, 2.75) is 6.42 Å². The number of rotatable bonds is 5. The molecule has 0 radical (unpaired) electrons. The molecule has 0 aliphatic carbocycles. The zero-order valence-corrected chi connectivity index (χ0v) is 18.9. The Hall–Kier alpha value is -4.66. The molecule has 0 amide bonds. The van der Waals surface area contributed by atoms with Crippen molar-refractivity contribution in [1.82, 2.24) is 9.78 Å². The normalized spacial score (nSPS) is 11.2. The van der Waals surface area contributed by atoms with Crippen LogP contribution in [0.15, 0.2) is 78.9 Å². The monoisotopic (exact) mass is 508 g/mol. The second-order valence-electron chi connectivity index (χ2n) is 8.26. The lowest BCUT2D eigenvalue weighted by Gasteiger charge is -2.13. The highest BCUT2D eigenvalue weighted by Crippen LogP contribution is 2.39. The van der Waals surface area contributed by atoms with Gasteiger partial charge in [0.15, 0.2) is 23.3 Å². The van der Waals surface area contributed by atoms with Crippen molar-refractivity contribution in [3.63, 3.8) is 0 Å². The number of aromatic hydroxyl groups is 2. The van der Waals surface area contributed by atoms with Gasteiger partial charge in [-0.05, 0) is 54.1 Å². The first-order valence-electron chi connectivity index (χ1n) is 11.0. The molecular weight excluding hydrogens is 491 g/mol. The van der Waals surface area contributed by atoms with Crippen molar-refractivity contribution in [3.8, 4) is 39.7 Å². The molecule has 0 bridgehead atoms. The molecule has 0 atom stereocenters. The Morgan fingerprint density at radius 3 is 1.62 bits per heavy atom. The van der Waals surface area contributed by atoms with Gasteiger partial charge in [0.2, 0.25) is 5.82 Å². The molecule has 2 N–H and O–H groups in total. The third-order valence-electron chi connectivity index (χ3n) is 5.89. The second-order valence-corrected chi connectivity index (χ2v) is 8.26. The maximum atomic E-state index is 15.0. The van der Waals surface area contributed by atoms with Crippen LogP contribution in [-0.4, -0.2) is 20.0 Å². The van der Waals surface area contributed by atoms with E-state index in [1.165, 1.54) is 48.5 Å². The lowest BCUT2D eigenvalue weighted by Crippen LogP contribution is -2.12. The van der Waals surface area contributed by atoms with Crippen LogP contribution < -0.4 is 0 Å². The fraction of sp³-hybridized carbons (Fsp3) is 0.0357. The number of nitrogens with zero attached hydrogens (tertiary/aromatic N) is 2. The average molecular weight is 508 g/mol. The lowest BCUT2D eigenvalue weighted by atomic mass is 9.96. The van der Waals surface area contributed by atoms with Crippen LogP contribution in [0, 0.1) is 29.1 Å². The van der Waals surface area contributed by atoms with Gasteiger partial charge in [0.25, 0.3) is 0 Å². The first kappa shape index (κ1) is 24.1. The fourth-order valence-electron chi connectivity index (χ4n) is 4.13. The van der Waals surface area contributed by atoms with Gasteiger partial charge in [0.1, 0.15) is 17.2 Å². The first-order valence-corrected chi connectivity index (χ1v) is 11.0. The smallest absolute Gasteiger partial charge is 0.200 e. The summed E-state index contributed by atoms with van der Waals surface area (Å²) in [6.45, 7) is 0. The van der Waals surface area contributed by atoms with E-state index in [2.05, 4.69) is 5.10 Å². The first-order chi connectivity index (χ1) is 17.8. The number of hydrogen-bond acceptors (Lipinski definition) is 3. The van der Waals surface area contributed by atoms with Crippen molar-refractivity contribution in [2.75, 3.05) is 0 Å². The highest BCUT2D eigenvalue weighted by atomic mass is 19.2. The molecule has 0 saturated heterocycles. The number of hydrogen-bond donors (Lipinski definition) is 2. The van der Waals surface area contributed by atoms with Crippen molar-refractivity contribution >= 4 is 0 Å². The van der Waals surface area contributed by atoms with Gasteiger partial charge in [0, 0.05) is 23.1 Å². The Kier molecular flexibility index (Phi) is 6.12. The van der Waals surface area contributed by atoms with Crippen molar-refractivity contribution < 1.29 is 32.2 Å². The highest BCUT2D eigenvalue weighted by molar-refractivity contribution is 5.77. The molecule has 4 nitrogen and oxygen atoms in total. The van der Waals surface area contributed by atoms with Gasteiger partial charge in [-0.1, -0.05) is 30.3 Å². The maximum absolute atomic E-state index is 15.0. The van der Waals surface area contributed by atoms with Crippen LogP contribution in [0.3, 0.4) is 0 Å². The van der Waals surface area contributed by atoms with Gasteiger partial charge in [-0.15, -0.1) is 0 Å². The van der Waals surface area contributed by atoms with Crippen LogP contribution in [0.1, 0.15) is 11.1 Å². The molecule has 5 aromatic rings. The molecule has 0 saturated carbocycles. The van der Waals surface area contributed by atoms with Gasteiger partial charge in [-0.25, -0.2) is 26.6 Å². The van der Waals surface area contributed by atoms with E-state index in [-0.39, 0.29) is 29.3 Å². The topological polar surface area (TPSA) is 58.3 Å². The standard InChI is InChI=1S/C28H17F5N2O2/c29-21-22(30)24(32)28(25(33)23(21)31)35-27(17-8-12-19(37)13-9-17)20(14-15-4-2-1-3-5-15)26(34-35)16-6-10-18(36)11-7-16/h1-13,36-37H,14H2.